The lowest BCUT2D eigenvalue weighted by atomic mass is 10.2. The fourth-order valence-corrected chi connectivity index (χ4v) is 1.88. The van der Waals surface area contributed by atoms with Crippen LogP contribution in [0.25, 0.3) is 0 Å². The summed E-state index contributed by atoms with van der Waals surface area (Å²) in [6, 6.07) is 15.0. The zero-order chi connectivity index (χ0) is 13.7. The molecule has 0 aliphatic carbocycles. The number of carbonyl (C=O) groups is 1. The lowest BCUT2D eigenvalue weighted by Crippen LogP contribution is -2.04. The molecule has 0 heterocycles. The minimum atomic E-state index is -0.376. The molecule has 2 rings (SSSR count). The number of anilines is 1. The van der Waals surface area contributed by atoms with E-state index in [2.05, 4.69) is 10.1 Å². The van der Waals surface area contributed by atoms with Crippen molar-refractivity contribution < 1.29 is 9.53 Å². The smallest absolute Gasteiger partial charge is 0.337 e. The molecule has 4 heteroatoms. The summed E-state index contributed by atoms with van der Waals surface area (Å²) in [4.78, 5) is 11.5. The van der Waals surface area contributed by atoms with Gasteiger partial charge in [-0.15, -0.1) is 0 Å². The Kier molecular flexibility index (Phi) is 4.42. The molecule has 0 saturated heterocycles. The van der Waals surface area contributed by atoms with Crippen LogP contribution in [-0.2, 0) is 11.3 Å². The summed E-state index contributed by atoms with van der Waals surface area (Å²) in [5.41, 5.74) is 2.33. The molecule has 98 valence electrons. The molecular weight excluding hydrogens is 262 g/mol. The van der Waals surface area contributed by atoms with Crippen molar-refractivity contribution in [3.8, 4) is 0 Å². The summed E-state index contributed by atoms with van der Waals surface area (Å²) < 4.78 is 4.68. The average Bonchev–Trinajstić information content (AvgIpc) is 2.46. The highest BCUT2D eigenvalue weighted by Crippen LogP contribution is 2.24. The van der Waals surface area contributed by atoms with Gasteiger partial charge in [-0.25, -0.2) is 4.79 Å². The Bertz CT molecular complexity index is 570. The number of methoxy groups -OCH3 is 1. The van der Waals surface area contributed by atoms with Crippen molar-refractivity contribution in [2.45, 2.75) is 6.54 Å². The van der Waals surface area contributed by atoms with Gasteiger partial charge in [0.25, 0.3) is 0 Å². The highest BCUT2D eigenvalue weighted by Gasteiger charge is 2.08. The molecule has 0 bridgehead atoms. The van der Waals surface area contributed by atoms with Gasteiger partial charge in [-0.2, -0.15) is 0 Å². The van der Waals surface area contributed by atoms with Gasteiger partial charge in [-0.1, -0.05) is 41.9 Å². The SMILES string of the molecule is COC(=O)c1ccc(Cl)c(NCc2ccccc2)c1. The van der Waals surface area contributed by atoms with E-state index in [0.29, 0.717) is 22.8 Å². The van der Waals surface area contributed by atoms with Crippen LogP contribution in [0.1, 0.15) is 15.9 Å². The number of esters is 1. The summed E-state index contributed by atoms with van der Waals surface area (Å²) in [6.07, 6.45) is 0. The van der Waals surface area contributed by atoms with Crippen LogP contribution in [0.2, 0.25) is 5.02 Å². The summed E-state index contributed by atoms with van der Waals surface area (Å²) in [5.74, 6) is -0.376. The zero-order valence-corrected chi connectivity index (χ0v) is 11.3. The van der Waals surface area contributed by atoms with Crippen molar-refractivity contribution in [2.24, 2.45) is 0 Å². The second-order valence-electron chi connectivity index (χ2n) is 4.03. The van der Waals surface area contributed by atoms with Crippen LogP contribution in [0, 0.1) is 0 Å². The predicted molar refractivity (Wildman–Crippen MR) is 76.6 cm³/mol. The molecule has 0 unspecified atom stereocenters. The average molecular weight is 276 g/mol. The Labute approximate surface area is 117 Å². The van der Waals surface area contributed by atoms with Gasteiger partial charge in [0.05, 0.1) is 23.4 Å². The lowest BCUT2D eigenvalue weighted by Gasteiger charge is -2.10. The maximum atomic E-state index is 11.5. The number of ether oxygens (including phenoxy) is 1. The van der Waals surface area contributed by atoms with E-state index in [1.807, 2.05) is 30.3 Å². The van der Waals surface area contributed by atoms with Gasteiger partial charge in [-0.05, 0) is 23.8 Å². The number of carbonyl (C=O) groups excluding carboxylic acids is 1. The van der Waals surface area contributed by atoms with Gasteiger partial charge < -0.3 is 10.1 Å². The molecule has 3 nitrogen and oxygen atoms in total. The molecule has 0 fully saturated rings. The van der Waals surface area contributed by atoms with E-state index in [1.165, 1.54) is 7.11 Å². The Hall–Kier alpha value is -2.00. The first kappa shape index (κ1) is 13.4. The second kappa shape index (κ2) is 6.25. The van der Waals surface area contributed by atoms with Gasteiger partial charge >= 0.3 is 5.97 Å². The summed E-state index contributed by atoms with van der Waals surface area (Å²) in [7, 11) is 1.36. The standard InChI is InChI=1S/C15H14ClNO2/c1-19-15(18)12-7-8-13(16)14(9-12)17-10-11-5-3-2-4-6-11/h2-9,17H,10H2,1H3. The lowest BCUT2D eigenvalue weighted by molar-refractivity contribution is 0.0601. The minimum Gasteiger partial charge on any atom is -0.465 e. The maximum absolute atomic E-state index is 11.5. The molecule has 0 spiro atoms. The number of rotatable bonds is 4. The number of halogens is 1. The van der Waals surface area contributed by atoms with Gasteiger partial charge in [0.1, 0.15) is 0 Å². The van der Waals surface area contributed by atoms with E-state index < -0.39 is 0 Å². The van der Waals surface area contributed by atoms with Crippen LogP contribution in [0.3, 0.4) is 0 Å². The van der Waals surface area contributed by atoms with Crippen molar-refractivity contribution in [2.75, 3.05) is 12.4 Å². The van der Waals surface area contributed by atoms with Gasteiger partial charge in [0.2, 0.25) is 0 Å². The fourth-order valence-electron chi connectivity index (χ4n) is 1.70. The molecule has 0 aliphatic heterocycles. The third-order valence-electron chi connectivity index (χ3n) is 2.71. The van der Waals surface area contributed by atoms with E-state index in [-0.39, 0.29) is 5.97 Å². The predicted octanol–water partition coefficient (Wildman–Crippen LogP) is 3.74. The molecule has 0 atom stereocenters. The quantitative estimate of drug-likeness (QED) is 0.864. The van der Waals surface area contributed by atoms with Crippen LogP contribution in [0.15, 0.2) is 48.5 Å². The Morgan fingerprint density at radius 3 is 2.63 bits per heavy atom. The molecule has 19 heavy (non-hydrogen) atoms. The number of benzene rings is 2. The molecule has 0 saturated carbocycles. The minimum absolute atomic E-state index is 0.376. The van der Waals surface area contributed by atoms with Crippen LogP contribution in [0.4, 0.5) is 5.69 Å². The number of hydrogen-bond donors (Lipinski definition) is 1. The van der Waals surface area contributed by atoms with Gasteiger partial charge in [-0.3, -0.25) is 0 Å². The highest BCUT2D eigenvalue weighted by atomic mass is 35.5. The van der Waals surface area contributed by atoms with Crippen LogP contribution >= 0.6 is 11.6 Å². The molecule has 0 amide bonds. The third kappa shape index (κ3) is 3.48. The molecule has 1 N–H and O–H groups in total. The van der Waals surface area contributed by atoms with E-state index in [0.717, 1.165) is 5.56 Å². The Balaban J connectivity index is 2.13. The number of nitrogens with one attached hydrogen (secondary N) is 1. The fraction of sp³-hybridized carbons (Fsp3) is 0.133. The van der Waals surface area contributed by atoms with Crippen LogP contribution in [0.5, 0.6) is 0 Å². The third-order valence-corrected chi connectivity index (χ3v) is 3.04. The van der Waals surface area contributed by atoms with E-state index >= 15 is 0 Å². The maximum Gasteiger partial charge on any atom is 0.337 e. The summed E-state index contributed by atoms with van der Waals surface area (Å²) in [5, 5.41) is 3.78. The molecule has 0 aliphatic rings. The van der Waals surface area contributed by atoms with E-state index in [9.17, 15) is 4.79 Å². The first-order chi connectivity index (χ1) is 9.20. The van der Waals surface area contributed by atoms with Crippen molar-refractivity contribution in [1.82, 2.24) is 0 Å². The zero-order valence-electron chi connectivity index (χ0n) is 10.5. The van der Waals surface area contributed by atoms with E-state index in [4.69, 9.17) is 11.6 Å². The molecular formula is C15H14ClNO2. The summed E-state index contributed by atoms with van der Waals surface area (Å²) >= 11 is 6.10. The second-order valence-corrected chi connectivity index (χ2v) is 4.43. The molecule has 2 aromatic carbocycles. The van der Waals surface area contributed by atoms with Crippen molar-refractivity contribution in [3.63, 3.8) is 0 Å². The van der Waals surface area contributed by atoms with Crippen molar-refractivity contribution in [3.05, 3.63) is 64.7 Å². The first-order valence-electron chi connectivity index (χ1n) is 5.86. The topological polar surface area (TPSA) is 38.3 Å². The first-order valence-corrected chi connectivity index (χ1v) is 6.24. The highest BCUT2D eigenvalue weighted by molar-refractivity contribution is 6.33. The van der Waals surface area contributed by atoms with E-state index in [1.54, 1.807) is 18.2 Å². The van der Waals surface area contributed by atoms with Gasteiger partial charge in [0.15, 0.2) is 0 Å². The van der Waals surface area contributed by atoms with Gasteiger partial charge in [0, 0.05) is 6.54 Å². The normalized spacial score (nSPS) is 10.0. The van der Waals surface area contributed by atoms with Crippen molar-refractivity contribution in [1.29, 1.82) is 0 Å². The summed E-state index contributed by atoms with van der Waals surface area (Å²) in [6.45, 7) is 0.644. The number of hydrogen-bond acceptors (Lipinski definition) is 3. The van der Waals surface area contributed by atoms with Crippen molar-refractivity contribution >= 4 is 23.3 Å². The molecule has 2 aromatic rings. The largest absolute Gasteiger partial charge is 0.465 e. The molecule has 0 radical (unpaired) electrons. The molecule has 0 aromatic heterocycles. The Morgan fingerprint density at radius 2 is 1.95 bits per heavy atom. The van der Waals surface area contributed by atoms with Crippen LogP contribution in [-0.4, -0.2) is 13.1 Å². The monoisotopic (exact) mass is 275 g/mol. The van der Waals surface area contributed by atoms with Crippen LogP contribution < -0.4 is 5.32 Å². The Morgan fingerprint density at radius 1 is 1.21 bits per heavy atom.